The second-order valence-corrected chi connectivity index (χ2v) is 11.7. The molecule has 8 nitrogen and oxygen atoms in total. The molecular formula is C21H20N2O6S3. The smallest absolute Gasteiger partial charge is 0.306 e. The zero-order valence-corrected chi connectivity index (χ0v) is 19.7. The zero-order valence-electron chi connectivity index (χ0n) is 17.2. The Morgan fingerprint density at radius 1 is 1.00 bits per heavy atom. The van der Waals surface area contributed by atoms with Crippen LogP contribution in [0.3, 0.4) is 0 Å². The van der Waals surface area contributed by atoms with Gasteiger partial charge in [0.1, 0.15) is 4.70 Å². The highest BCUT2D eigenvalue weighted by Crippen LogP contribution is 2.40. The quantitative estimate of drug-likeness (QED) is 0.383. The summed E-state index contributed by atoms with van der Waals surface area (Å²) in [5.74, 6) is 0.158. The molecule has 32 heavy (non-hydrogen) atoms. The van der Waals surface area contributed by atoms with Crippen LogP contribution in [0.2, 0.25) is 0 Å². The van der Waals surface area contributed by atoms with Gasteiger partial charge in [0.2, 0.25) is 10.0 Å². The summed E-state index contributed by atoms with van der Waals surface area (Å²) in [6.07, 6.45) is 2.58. The molecule has 0 aliphatic carbocycles. The average Bonchev–Trinajstić information content (AvgIpc) is 3.18. The van der Waals surface area contributed by atoms with E-state index in [1.807, 2.05) is 35.7 Å². The van der Waals surface area contributed by atoms with Crippen LogP contribution in [0.5, 0.6) is 5.75 Å². The molecule has 0 aliphatic heterocycles. The van der Waals surface area contributed by atoms with Crippen LogP contribution in [0.1, 0.15) is 5.56 Å². The predicted octanol–water partition coefficient (Wildman–Crippen LogP) is 2.84. The van der Waals surface area contributed by atoms with E-state index in [0.717, 1.165) is 18.1 Å². The van der Waals surface area contributed by atoms with Crippen molar-refractivity contribution in [1.29, 1.82) is 0 Å². The number of aromatic nitrogens is 1. The van der Waals surface area contributed by atoms with E-state index in [1.165, 1.54) is 17.4 Å². The molecular weight excluding hydrogens is 472 g/mol. The summed E-state index contributed by atoms with van der Waals surface area (Å²) in [6, 6.07) is 12.3. The van der Waals surface area contributed by atoms with Gasteiger partial charge in [-0.2, -0.15) is 8.42 Å². The molecule has 2 heterocycles. The minimum absolute atomic E-state index is 0.158. The molecule has 0 aliphatic rings. The van der Waals surface area contributed by atoms with Crippen LogP contribution in [-0.2, 0) is 26.6 Å². The molecule has 0 atom stereocenters. The van der Waals surface area contributed by atoms with Crippen LogP contribution in [-0.4, -0.2) is 40.9 Å². The Labute approximate surface area is 189 Å². The van der Waals surface area contributed by atoms with Gasteiger partial charge >= 0.3 is 10.1 Å². The molecule has 0 saturated heterocycles. The lowest BCUT2D eigenvalue weighted by atomic mass is 9.96. The van der Waals surface area contributed by atoms with Gasteiger partial charge in [0.15, 0.2) is 5.75 Å². The van der Waals surface area contributed by atoms with Gasteiger partial charge in [-0.3, -0.25) is 4.79 Å². The molecule has 2 aromatic carbocycles. The van der Waals surface area contributed by atoms with Gasteiger partial charge in [0, 0.05) is 28.4 Å². The second-order valence-electron chi connectivity index (χ2n) is 7.38. The minimum Gasteiger partial charge on any atom is -0.382 e. The Hall–Kier alpha value is -2.73. The molecule has 2 aromatic heterocycles. The molecule has 0 radical (unpaired) electrons. The number of hydrogen-bond acceptors (Lipinski definition) is 7. The molecule has 4 rings (SSSR count). The molecule has 11 heteroatoms. The van der Waals surface area contributed by atoms with Crippen LogP contribution < -0.4 is 14.5 Å². The van der Waals surface area contributed by atoms with Crippen molar-refractivity contribution in [3.8, 4) is 16.9 Å². The Balaban J connectivity index is 1.87. The van der Waals surface area contributed by atoms with E-state index in [4.69, 9.17) is 4.18 Å². The van der Waals surface area contributed by atoms with Gasteiger partial charge in [-0.25, -0.2) is 13.1 Å². The van der Waals surface area contributed by atoms with Gasteiger partial charge < -0.3 is 9.17 Å². The van der Waals surface area contributed by atoms with Crippen LogP contribution in [0.15, 0.2) is 52.6 Å². The molecule has 2 N–H and O–H groups in total. The summed E-state index contributed by atoms with van der Waals surface area (Å²) >= 11 is 1.31. The van der Waals surface area contributed by atoms with Crippen LogP contribution in [0.25, 0.3) is 32.1 Å². The number of thiophene rings is 1. The van der Waals surface area contributed by atoms with Gasteiger partial charge in [-0.1, -0.05) is 24.3 Å². The lowest BCUT2D eigenvalue weighted by molar-refractivity contribution is 0.494. The lowest BCUT2D eigenvalue weighted by Crippen LogP contribution is -2.24. The molecule has 4 aromatic rings. The molecule has 0 unspecified atom stereocenters. The third-order valence-electron chi connectivity index (χ3n) is 4.82. The van der Waals surface area contributed by atoms with E-state index in [1.54, 1.807) is 6.07 Å². The molecule has 0 fully saturated rings. The Morgan fingerprint density at radius 2 is 1.72 bits per heavy atom. The first kappa shape index (κ1) is 22.5. The van der Waals surface area contributed by atoms with Crippen LogP contribution in [0.4, 0.5) is 0 Å². The molecule has 0 saturated carbocycles. The van der Waals surface area contributed by atoms with Crippen molar-refractivity contribution in [1.82, 2.24) is 9.71 Å². The summed E-state index contributed by atoms with van der Waals surface area (Å²) in [5.41, 5.74) is 2.52. The number of aromatic amines is 1. The molecule has 0 spiro atoms. The van der Waals surface area contributed by atoms with E-state index in [-0.39, 0.29) is 17.9 Å². The topological polar surface area (TPSA) is 122 Å². The van der Waals surface area contributed by atoms with E-state index in [2.05, 4.69) is 9.71 Å². The summed E-state index contributed by atoms with van der Waals surface area (Å²) in [7, 11) is -7.06. The fourth-order valence-corrected chi connectivity index (χ4v) is 5.30. The van der Waals surface area contributed by atoms with Crippen molar-refractivity contribution in [3.05, 3.63) is 63.8 Å². The van der Waals surface area contributed by atoms with Crippen LogP contribution in [0, 0.1) is 0 Å². The van der Waals surface area contributed by atoms with Crippen molar-refractivity contribution in [2.45, 2.75) is 6.42 Å². The van der Waals surface area contributed by atoms with Gasteiger partial charge in [0.25, 0.3) is 5.56 Å². The fraction of sp³-hybridized carbons (Fsp3) is 0.190. The number of rotatable bonds is 7. The maximum atomic E-state index is 12.4. The maximum Gasteiger partial charge on any atom is 0.306 e. The summed E-state index contributed by atoms with van der Waals surface area (Å²) in [4.78, 5) is 15.3. The van der Waals surface area contributed by atoms with Crippen molar-refractivity contribution in [3.63, 3.8) is 0 Å². The van der Waals surface area contributed by atoms with E-state index >= 15 is 0 Å². The predicted molar refractivity (Wildman–Crippen MR) is 127 cm³/mol. The lowest BCUT2D eigenvalue weighted by Gasteiger charge is -2.14. The van der Waals surface area contributed by atoms with Gasteiger partial charge in [-0.15, -0.1) is 11.3 Å². The fourth-order valence-electron chi connectivity index (χ4n) is 3.57. The summed E-state index contributed by atoms with van der Waals surface area (Å²) < 4.78 is 54.6. The van der Waals surface area contributed by atoms with E-state index in [9.17, 15) is 21.6 Å². The molecule has 0 bridgehead atoms. The number of benzene rings is 2. The Bertz CT molecular complexity index is 1580. The second kappa shape index (κ2) is 8.32. The van der Waals surface area contributed by atoms with Crippen LogP contribution >= 0.6 is 11.3 Å². The van der Waals surface area contributed by atoms with Crippen molar-refractivity contribution >= 4 is 52.5 Å². The highest BCUT2D eigenvalue weighted by molar-refractivity contribution is 7.88. The number of pyridine rings is 1. The Morgan fingerprint density at radius 3 is 2.38 bits per heavy atom. The van der Waals surface area contributed by atoms with Gasteiger partial charge in [-0.05, 0) is 41.1 Å². The third-order valence-corrected chi connectivity index (χ3v) is 6.94. The first-order valence-corrected chi connectivity index (χ1v) is 14.1. The SMILES string of the molecule is CS(=O)(=O)NCCc1ccc(-c2c(OS(C)(=O)=O)ccc3[nH]c(=O)c4sccc4c23)cc1. The normalized spacial score (nSPS) is 12.4. The Kier molecular flexibility index (Phi) is 5.84. The van der Waals surface area contributed by atoms with E-state index < -0.39 is 20.1 Å². The first-order chi connectivity index (χ1) is 15.0. The number of fused-ring (bicyclic) bond motifs is 3. The molecule has 0 amide bonds. The summed E-state index contributed by atoms with van der Waals surface area (Å²) in [5, 5.41) is 3.21. The minimum atomic E-state index is -3.79. The number of sulfonamides is 1. The zero-order chi connectivity index (χ0) is 23.1. The van der Waals surface area contributed by atoms with Crippen molar-refractivity contribution in [2.24, 2.45) is 0 Å². The average molecular weight is 493 g/mol. The number of nitrogens with one attached hydrogen (secondary N) is 2. The first-order valence-electron chi connectivity index (χ1n) is 9.51. The largest absolute Gasteiger partial charge is 0.382 e. The maximum absolute atomic E-state index is 12.4. The number of hydrogen-bond donors (Lipinski definition) is 2. The highest BCUT2D eigenvalue weighted by Gasteiger charge is 2.19. The van der Waals surface area contributed by atoms with Crippen molar-refractivity contribution in [2.75, 3.05) is 19.1 Å². The highest BCUT2D eigenvalue weighted by atomic mass is 32.2. The third kappa shape index (κ3) is 4.85. The van der Waals surface area contributed by atoms with E-state index in [0.29, 0.717) is 38.5 Å². The van der Waals surface area contributed by atoms with Crippen molar-refractivity contribution < 1.29 is 21.0 Å². The van der Waals surface area contributed by atoms with Gasteiger partial charge in [0.05, 0.1) is 12.5 Å². The monoisotopic (exact) mass is 492 g/mol. The summed E-state index contributed by atoms with van der Waals surface area (Å²) in [6.45, 7) is 0.269. The standard InChI is InChI=1S/C21H20N2O6S3/c1-31(25,26)22-11-9-13-3-5-14(6-4-13)18-17(29-32(2,27)28)8-7-16-19(18)15-10-12-30-20(15)21(24)23-16/h3-8,10,12,22H,9,11H2,1-2H3,(H,23,24). The molecule has 168 valence electrons. The number of H-pyrrole nitrogens is 1.